The molecular formula is C17H17F5N2O. The van der Waals surface area contributed by atoms with Crippen molar-refractivity contribution in [2.45, 2.75) is 48.8 Å². The standard InChI is InChI=1S/C17H17F5N2O/c18-14-7-11-6-13(9-14,10-23-24-12-4-2-1-3-5-12)17(22,25)15(19,8-11)16(14,20)21/h1-5,10-11,24-25H,6-9H2. The average molecular weight is 360 g/mol. The molecule has 5 unspecified atom stereocenters. The van der Waals surface area contributed by atoms with Gasteiger partial charge >= 0.3 is 5.92 Å². The fourth-order valence-electron chi connectivity index (χ4n) is 4.87. The Morgan fingerprint density at radius 3 is 2.40 bits per heavy atom. The quantitative estimate of drug-likeness (QED) is 0.486. The van der Waals surface area contributed by atoms with Crippen LogP contribution in [-0.2, 0) is 0 Å². The maximum Gasteiger partial charge on any atom is 0.320 e. The highest BCUT2D eigenvalue weighted by Gasteiger charge is 2.90. The fraction of sp³-hybridized carbons (Fsp3) is 0.588. The summed E-state index contributed by atoms with van der Waals surface area (Å²) >= 11 is 0. The molecule has 0 aromatic heterocycles. The maximum atomic E-state index is 15.0. The predicted molar refractivity (Wildman–Crippen MR) is 81.6 cm³/mol. The first-order chi connectivity index (χ1) is 11.6. The lowest BCUT2D eigenvalue weighted by atomic mass is 9.43. The van der Waals surface area contributed by atoms with E-state index in [9.17, 15) is 22.7 Å². The van der Waals surface area contributed by atoms with E-state index in [-0.39, 0.29) is 6.42 Å². The third-order valence-corrected chi connectivity index (χ3v) is 5.96. The molecule has 4 bridgehead atoms. The van der Waals surface area contributed by atoms with Crippen molar-refractivity contribution >= 4 is 11.9 Å². The second-order valence-electron chi connectivity index (χ2n) is 7.51. The SMILES string of the molecule is OC1(F)C2(C=NNc3ccccc3)CC3CC(F)(C2)C(F)(F)C1(F)C3. The van der Waals surface area contributed by atoms with Crippen LogP contribution in [0, 0.1) is 11.3 Å². The molecule has 0 amide bonds. The summed E-state index contributed by atoms with van der Waals surface area (Å²) in [6.07, 6.45) is -1.72. The van der Waals surface area contributed by atoms with Crippen LogP contribution in [0.5, 0.6) is 0 Å². The lowest BCUT2D eigenvalue weighted by Gasteiger charge is -2.66. The molecule has 4 aliphatic rings. The van der Waals surface area contributed by atoms with E-state index >= 15 is 4.39 Å². The highest BCUT2D eigenvalue weighted by Crippen LogP contribution is 2.74. The Bertz CT molecular complexity index is 727. The van der Waals surface area contributed by atoms with Gasteiger partial charge in [-0.25, -0.2) is 13.2 Å². The Kier molecular flexibility index (Phi) is 3.16. The first-order valence-corrected chi connectivity index (χ1v) is 8.09. The van der Waals surface area contributed by atoms with Crippen LogP contribution in [0.4, 0.5) is 27.6 Å². The van der Waals surface area contributed by atoms with Crippen LogP contribution in [0.15, 0.2) is 35.4 Å². The van der Waals surface area contributed by atoms with Gasteiger partial charge in [-0.3, -0.25) is 5.43 Å². The van der Waals surface area contributed by atoms with E-state index < -0.39 is 53.7 Å². The topological polar surface area (TPSA) is 44.6 Å². The number of hydrogen-bond donors (Lipinski definition) is 2. The van der Waals surface area contributed by atoms with E-state index in [4.69, 9.17) is 0 Å². The average Bonchev–Trinajstić information content (AvgIpc) is 2.52. The molecular weight excluding hydrogens is 343 g/mol. The van der Waals surface area contributed by atoms with E-state index in [1.807, 2.05) is 0 Å². The number of para-hydroxylation sites is 1. The van der Waals surface area contributed by atoms with Crippen molar-refractivity contribution in [1.82, 2.24) is 0 Å². The first kappa shape index (κ1) is 16.8. The molecule has 5 atom stereocenters. The highest BCUT2D eigenvalue weighted by atomic mass is 19.3. The van der Waals surface area contributed by atoms with Gasteiger partial charge in [-0.05, 0) is 37.3 Å². The Balaban J connectivity index is 1.72. The molecule has 0 aliphatic heterocycles. The van der Waals surface area contributed by atoms with Crippen molar-refractivity contribution < 1.29 is 27.1 Å². The van der Waals surface area contributed by atoms with Crippen molar-refractivity contribution in [1.29, 1.82) is 0 Å². The van der Waals surface area contributed by atoms with Crippen LogP contribution in [0.25, 0.3) is 0 Å². The van der Waals surface area contributed by atoms with Gasteiger partial charge in [-0.2, -0.15) is 13.9 Å². The number of hydrazone groups is 1. The summed E-state index contributed by atoms with van der Waals surface area (Å²) < 4.78 is 73.5. The minimum Gasteiger partial charge on any atom is -0.358 e. The van der Waals surface area contributed by atoms with Crippen LogP contribution in [0.1, 0.15) is 25.7 Å². The smallest absolute Gasteiger partial charge is 0.320 e. The van der Waals surface area contributed by atoms with Gasteiger partial charge in [-0.15, -0.1) is 0 Å². The molecule has 0 spiro atoms. The monoisotopic (exact) mass is 360 g/mol. The summed E-state index contributed by atoms with van der Waals surface area (Å²) in [4.78, 5) is 0. The third kappa shape index (κ3) is 1.86. The van der Waals surface area contributed by atoms with Gasteiger partial charge in [0, 0.05) is 12.6 Å². The molecule has 5 rings (SSSR count). The Hall–Kier alpha value is -1.70. The van der Waals surface area contributed by atoms with Gasteiger partial charge in [0.15, 0.2) is 5.67 Å². The number of hydrogen-bond acceptors (Lipinski definition) is 3. The van der Waals surface area contributed by atoms with Gasteiger partial charge in [-0.1, -0.05) is 18.2 Å². The molecule has 0 saturated heterocycles. The number of alkyl halides is 5. The molecule has 3 nitrogen and oxygen atoms in total. The zero-order chi connectivity index (χ0) is 18.1. The largest absolute Gasteiger partial charge is 0.358 e. The highest BCUT2D eigenvalue weighted by molar-refractivity contribution is 5.71. The van der Waals surface area contributed by atoms with Gasteiger partial charge < -0.3 is 5.11 Å². The molecule has 1 aromatic rings. The molecule has 0 heterocycles. The Labute approximate surface area is 140 Å². The number of halogens is 5. The molecule has 2 N–H and O–H groups in total. The zero-order valence-corrected chi connectivity index (χ0v) is 13.2. The van der Waals surface area contributed by atoms with Crippen LogP contribution in [-0.4, -0.2) is 34.4 Å². The van der Waals surface area contributed by atoms with E-state index in [0.717, 1.165) is 6.21 Å². The van der Waals surface area contributed by atoms with E-state index in [0.29, 0.717) is 5.69 Å². The van der Waals surface area contributed by atoms with E-state index in [1.165, 1.54) is 0 Å². The molecule has 1 aromatic carbocycles. The summed E-state index contributed by atoms with van der Waals surface area (Å²) in [5.41, 5.74) is -6.21. The minimum absolute atomic E-state index is 0.132. The number of anilines is 1. The van der Waals surface area contributed by atoms with Crippen molar-refractivity contribution in [2.75, 3.05) is 5.43 Å². The number of benzene rings is 1. The van der Waals surface area contributed by atoms with Crippen molar-refractivity contribution in [3.63, 3.8) is 0 Å². The van der Waals surface area contributed by atoms with Crippen LogP contribution < -0.4 is 5.43 Å². The second-order valence-corrected chi connectivity index (χ2v) is 7.51. The summed E-state index contributed by atoms with van der Waals surface area (Å²) in [5.74, 6) is -9.27. The van der Waals surface area contributed by atoms with Gasteiger partial charge in [0.1, 0.15) is 0 Å². The maximum absolute atomic E-state index is 15.0. The number of rotatable bonds is 3. The van der Waals surface area contributed by atoms with E-state index in [1.54, 1.807) is 30.3 Å². The Morgan fingerprint density at radius 2 is 1.72 bits per heavy atom. The fourth-order valence-corrected chi connectivity index (χ4v) is 4.87. The molecule has 25 heavy (non-hydrogen) atoms. The number of aliphatic hydroxyl groups is 1. The van der Waals surface area contributed by atoms with Gasteiger partial charge in [0.25, 0.3) is 5.85 Å². The summed E-state index contributed by atoms with van der Waals surface area (Å²) in [6.45, 7) is 0. The number of nitrogens with one attached hydrogen (secondary N) is 1. The summed E-state index contributed by atoms with van der Waals surface area (Å²) in [5, 5.41) is 13.9. The van der Waals surface area contributed by atoms with Gasteiger partial charge in [0.2, 0.25) is 5.67 Å². The molecule has 4 saturated carbocycles. The lowest BCUT2D eigenvalue weighted by Crippen LogP contribution is -2.83. The van der Waals surface area contributed by atoms with Crippen LogP contribution in [0.3, 0.4) is 0 Å². The molecule has 136 valence electrons. The Morgan fingerprint density at radius 1 is 1.04 bits per heavy atom. The normalized spacial score (nSPS) is 47.4. The minimum atomic E-state index is -4.59. The predicted octanol–water partition coefficient (Wildman–Crippen LogP) is 4.00. The van der Waals surface area contributed by atoms with Crippen molar-refractivity contribution in [3.05, 3.63) is 30.3 Å². The summed E-state index contributed by atoms with van der Waals surface area (Å²) in [7, 11) is 0. The molecule has 0 radical (unpaired) electrons. The van der Waals surface area contributed by atoms with Crippen LogP contribution >= 0.6 is 0 Å². The second kappa shape index (κ2) is 4.72. The first-order valence-electron chi connectivity index (χ1n) is 8.09. The van der Waals surface area contributed by atoms with Crippen molar-refractivity contribution in [3.8, 4) is 0 Å². The lowest BCUT2D eigenvalue weighted by molar-refractivity contribution is -0.415. The van der Waals surface area contributed by atoms with Crippen molar-refractivity contribution in [2.24, 2.45) is 16.4 Å². The zero-order valence-electron chi connectivity index (χ0n) is 13.2. The number of nitrogens with zero attached hydrogens (tertiary/aromatic N) is 1. The van der Waals surface area contributed by atoms with Gasteiger partial charge in [0.05, 0.1) is 11.1 Å². The van der Waals surface area contributed by atoms with E-state index in [2.05, 4.69) is 10.5 Å². The third-order valence-electron chi connectivity index (χ3n) is 5.96. The molecule has 4 fully saturated rings. The molecule has 8 heteroatoms. The molecule has 4 aliphatic carbocycles. The summed E-state index contributed by atoms with van der Waals surface area (Å²) in [6, 6.07) is 8.49. The van der Waals surface area contributed by atoms with Crippen LogP contribution in [0.2, 0.25) is 0 Å².